The van der Waals surface area contributed by atoms with Gasteiger partial charge in [0.2, 0.25) is 11.9 Å². The lowest BCUT2D eigenvalue weighted by molar-refractivity contribution is -0.121. The number of nitrogens with one attached hydrogen (secondary N) is 3. The van der Waals surface area contributed by atoms with Gasteiger partial charge in [-0.3, -0.25) is 15.4 Å². The van der Waals surface area contributed by atoms with E-state index in [1.165, 1.54) is 30.3 Å². The topological polar surface area (TPSA) is 171 Å². The van der Waals surface area contributed by atoms with E-state index in [0.29, 0.717) is 47.8 Å². The third-order valence-electron chi connectivity index (χ3n) is 7.10. The Morgan fingerprint density at radius 2 is 1.31 bits per heavy atom. The molecule has 54 heavy (non-hydrogen) atoms. The Balaban J connectivity index is 1.51. The quantitative estimate of drug-likeness (QED) is 0.0392. The molecule has 0 atom stereocenters. The van der Waals surface area contributed by atoms with Crippen molar-refractivity contribution in [2.75, 3.05) is 13.2 Å². The van der Waals surface area contributed by atoms with Crippen LogP contribution in [0.25, 0.3) is 0 Å². The fourth-order valence-electron chi connectivity index (χ4n) is 4.53. The van der Waals surface area contributed by atoms with Crippen molar-refractivity contribution in [3.63, 3.8) is 0 Å². The Kier molecular flexibility index (Phi) is 16.0. The van der Waals surface area contributed by atoms with Crippen LogP contribution in [-0.4, -0.2) is 60.3 Å². The molecule has 3 aromatic rings. The van der Waals surface area contributed by atoms with Crippen molar-refractivity contribution in [1.29, 1.82) is 0 Å². The predicted molar refractivity (Wildman–Crippen MR) is 205 cm³/mol. The maximum Gasteiger partial charge on any atom is 0.414 e. The molecule has 13 nitrogen and oxygen atoms in total. The first-order valence-electron chi connectivity index (χ1n) is 17.6. The molecule has 290 valence electrons. The number of amides is 3. The molecule has 0 aliphatic rings. The lowest BCUT2D eigenvalue weighted by Crippen LogP contribution is -2.47. The number of benzene rings is 3. The molecule has 0 aromatic heterocycles. The second-order valence-corrected chi connectivity index (χ2v) is 14.6. The molecule has 3 aromatic carbocycles. The summed E-state index contributed by atoms with van der Waals surface area (Å²) in [5.74, 6) is -1.17. The predicted octanol–water partition coefficient (Wildman–Crippen LogP) is 7.84. The van der Waals surface area contributed by atoms with Gasteiger partial charge in [0.15, 0.2) is 0 Å². The molecule has 0 radical (unpaired) electrons. The highest BCUT2D eigenvalue weighted by atomic mass is 35.5. The van der Waals surface area contributed by atoms with E-state index in [2.05, 4.69) is 20.9 Å². The van der Waals surface area contributed by atoms with Gasteiger partial charge < -0.3 is 24.3 Å². The first-order chi connectivity index (χ1) is 25.4. The highest BCUT2D eigenvalue weighted by Gasteiger charge is 2.22. The number of ether oxygens (including phenoxy) is 4. The number of aliphatic imine (C=N–C) groups is 1. The highest BCUT2D eigenvalue weighted by Crippen LogP contribution is 2.25. The molecule has 0 saturated carbocycles. The first-order valence-corrected chi connectivity index (χ1v) is 18.0. The summed E-state index contributed by atoms with van der Waals surface area (Å²) < 4.78 is 21.3. The number of halogens is 1. The van der Waals surface area contributed by atoms with Gasteiger partial charge in [0.1, 0.15) is 17.0 Å². The molecule has 14 heteroatoms. The van der Waals surface area contributed by atoms with E-state index in [1.807, 2.05) is 19.1 Å². The number of unbranched alkanes of at least 4 members (excludes halogenated alkanes) is 1. The minimum Gasteiger partial charge on any atom is -0.462 e. The normalized spacial score (nSPS) is 11.1. The van der Waals surface area contributed by atoms with Crippen LogP contribution in [-0.2, 0) is 31.8 Å². The Labute approximate surface area is 321 Å². The number of hydrogen-bond donors (Lipinski definition) is 3. The average molecular weight is 765 g/mol. The Hall–Kier alpha value is -5.43. The lowest BCUT2D eigenvalue weighted by Gasteiger charge is -2.22. The molecule has 0 bridgehead atoms. The summed E-state index contributed by atoms with van der Waals surface area (Å²) in [7, 11) is 0. The van der Waals surface area contributed by atoms with Crippen LogP contribution in [0.3, 0.4) is 0 Å². The summed E-state index contributed by atoms with van der Waals surface area (Å²) in [4.78, 5) is 66.5. The van der Waals surface area contributed by atoms with Gasteiger partial charge >= 0.3 is 24.1 Å². The summed E-state index contributed by atoms with van der Waals surface area (Å²) in [5.41, 5.74) is 1.09. The van der Waals surface area contributed by atoms with E-state index >= 15 is 0 Å². The van der Waals surface area contributed by atoms with Gasteiger partial charge in [0.05, 0.1) is 23.4 Å². The summed E-state index contributed by atoms with van der Waals surface area (Å²) in [6.45, 7) is 13.0. The van der Waals surface area contributed by atoms with Crippen LogP contribution >= 0.6 is 11.6 Å². The molecule has 0 aliphatic carbocycles. The van der Waals surface area contributed by atoms with Gasteiger partial charge in [-0.1, -0.05) is 43.1 Å². The number of rotatable bonds is 13. The fourth-order valence-corrected chi connectivity index (χ4v) is 4.80. The summed E-state index contributed by atoms with van der Waals surface area (Å²) >= 11 is 6.46. The van der Waals surface area contributed by atoms with E-state index in [4.69, 9.17) is 30.5 Å². The number of carbonyl (C=O) groups excluding carboxylic acids is 5. The van der Waals surface area contributed by atoms with E-state index < -0.39 is 29.4 Å². The Bertz CT molecular complexity index is 1760. The van der Waals surface area contributed by atoms with E-state index in [-0.39, 0.29) is 35.6 Å². The van der Waals surface area contributed by atoms with Crippen molar-refractivity contribution >= 4 is 53.3 Å². The summed E-state index contributed by atoms with van der Waals surface area (Å²) in [6, 6.07) is 17.9. The number of nitrogens with zero attached hydrogens (tertiary/aromatic N) is 1. The average Bonchev–Trinajstić information content (AvgIpc) is 3.06. The van der Waals surface area contributed by atoms with Crippen LogP contribution in [0.1, 0.15) is 99.6 Å². The van der Waals surface area contributed by atoms with Crippen LogP contribution in [0.4, 0.5) is 15.3 Å². The number of alkyl carbamates (subject to hydrolysis) is 2. The standard InChI is InChI=1S/C40H49ClN4O9/c1-8-9-24-51-34(47)28-12-10-26(11-13-28)22-23-42-33(46)21-17-27-16-20-31(25-32(27)41)52-35(48)29-14-18-30(19-15-29)43-36(44-37(49)53-39(2,3)4)45-38(50)54-40(5,6)7/h10-16,18-20,25H,8-9,17,21-24H2,1-7H3,(H,42,46)(H2,43,44,45,49,50). The molecule has 0 unspecified atom stereocenters. The second-order valence-electron chi connectivity index (χ2n) is 14.2. The van der Waals surface area contributed by atoms with Crippen molar-refractivity contribution < 1.29 is 42.9 Å². The molecule has 0 heterocycles. The molecule has 3 N–H and O–H groups in total. The van der Waals surface area contributed by atoms with E-state index in [9.17, 15) is 24.0 Å². The minimum absolute atomic E-state index is 0.140. The number of hydrogen-bond acceptors (Lipinski definition) is 10. The van der Waals surface area contributed by atoms with Gasteiger partial charge in [-0.05, 0) is 120 Å². The van der Waals surface area contributed by atoms with Crippen LogP contribution < -0.4 is 20.7 Å². The molecular weight excluding hydrogens is 716 g/mol. The number of aryl methyl sites for hydroxylation is 1. The van der Waals surface area contributed by atoms with Crippen molar-refractivity contribution in [3.05, 3.63) is 94.0 Å². The molecule has 0 spiro atoms. The zero-order valence-electron chi connectivity index (χ0n) is 31.8. The van der Waals surface area contributed by atoms with E-state index in [0.717, 1.165) is 18.4 Å². The van der Waals surface area contributed by atoms with E-state index in [1.54, 1.807) is 65.8 Å². The molecule has 0 fully saturated rings. The maximum atomic E-state index is 12.9. The largest absolute Gasteiger partial charge is 0.462 e. The summed E-state index contributed by atoms with van der Waals surface area (Å²) in [5, 5.41) is 8.03. The van der Waals surface area contributed by atoms with Crippen molar-refractivity contribution in [2.24, 2.45) is 4.99 Å². The number of guanidine groups is 1. The SMILES string of the molecule is CCCCOC(=O)c1ccc(CCNC(=O)CCc2ccc(OC(=O)c3ccc(N=C(NC(=O)OC(C)(C)C)NC(=O)OC(C)(C)C)cc3)cc2Cl)cc1. The second kappa shape index (κ2) is 20.1. The van der Waals surface area contributed by atoms with Gasteiger partial charge in [-0.2, -0.15) is 0 Å². The lowest BCUT2D eigenvalue weighted by atomic mass is 10.1. The molecule has 3 amide bonds. The number of carbonyl (C=O) groups is 5. The van der Waals surface area contributed by atoms with Crippen LogP contribution in [0.5, 0.6) is 5.75 Å². The van der Waals surface area contributed by atoms with Gasteiger partial charge in [-0.25, -0.2) is 24.2 Å². The Morgan fingerprint density at radius 3 is 1.87 bits per heavy atom. The zero-order chi connectivity index (χ0) is 39.9. The van der Waals surface area contributed by atoms with Crippen molar-refractivity contribution in [1.82, 2.24) is 16.0 Å². The smallest absolute Gasteiger partial charge is 0.414 e. The van der Waals surface area contributed by atoms with Gasteiger partial charge in [0, 0.05) is 18.0 Å². The van der Waals surface area contributed by atoms with Crippen LogP contribution in [0.15, 0.2) is 71.7 Å². The first kappa shape index (κ1) is 43.0. The minimum atomic E-state index is -0.844. The van der Waals surface area contributed by atoms with Crippen LogP contribution in [0, 0.1) is 0 Å². The van der Waals surface area contributed by atoms with Gasteiger partial charge in [-0.15, -0.1) is 0 Å². The monoisotopic (exact) mass is 764 g/mol. The third kappa shape index (κ3) is 16.1. The third-order valence-corrected chi connectivity index (χ3v) is 7.45. The van der Waals surface area contributed by atoms with Crippen molar-refractivity contribution in [2.45, 2.75) is 91.8 Å². The molecule has 0 saturated heterocycles. The maximum absolute atomic E-state index is 12.9. The van der Waals surface area contributed by atoms with Crippen LogP contribution in [0.2, 0.25) is 5.02 Å². The fraction of sp³-hybridized carbons (Fsp3) is 0.400. The highest BCUT2D eigenvalue weighted by molar-refractivity contribution is 6.31. The van der Waals surface area contributed by atoms with Crippen molar-refractivity contribution in [3.8, 4) is 5.75 Å². The Morgan fingerprint density at radius 1 is 0.741 bits per heavy atom. The summed E-state index contributed by atoms with van der Waals surface area (Å²) in [6.07, 6.45) is 1.28. The number of esters is 2. The molecule has 3 rings (SSSR count). The molecule has 0 aliphatic heterocycles. The zero-order valence-corrected chi connectivity index (χ0v) is 32.6. The molecular formula is C40H49ClN4O9. The van der Waals surface area contributed by atoms with Gasteiger partial charge in [0.25, 0.3) is 0 Å².